The summed E-state index contributed by atoms with van der Waals surface area (Å²) in [6, 6.07) is 4.05. The van der Waals surface area contributed by atoms with Gasteiger partial charge < -0.3 is 30.7 Å². The Morgan fingerprint density at radius 3 is 2.79 bits per heavy atom. The van der Waals surface area contributed by atoms with Crippen molar-refractivity contribution < 1.29 is 29.3 Å². The Balaban J connectivity index is 1.99. The van der Waals surface area contributed by atoms with Gasteiger partial charge in [-0.25, -0.2) is 9.50 Å². The van der Waals surface area contributed by atoms with Crippen LogP contribution in [0.25, 0.3) is 5.52 Å². The fourth-order valence-corrected chi connectivity index (χ4v) is 3.67. The van der Waals surface area contributed by atoms with Crippen LogP contribution in [-0.2, 0) is 24.7 Å². The van der Waals surface area contributed by atoms with Gasteiger partial charge in [0.2, 0.25) is 11.5 Å². The minimum Gasteiger partial charge on any atom is -0.455 e. The number of carbonyl (C=O) groups is 2. The highest BCUT2D eigenvalue weighted by Crippen LogP contribution is 2.41. The lowest BCUT2D eigenvalue weighted by molar-refractivity contribution is -0.159. The third-order valence-electron chi connectivity index (χ3n) is 5.59. The number of rotatable bonds is 8. The van der Waals surface area contributed by atoms with Crippen molar-refractivity contribution in [3.63, 3.8) is 0 Å². The molecular formula is C21H28N6O6. The van der Waals surface area contributed by atoms with E-state index < -0.39 is 42.5 Å². The van der Waals surface area contributed by atoms with Gasteiger partial charge in [0, 0.05) is 6.42 Å². The molecule has 1 amide bonds. The van der Waals surface area contributed by atoms with Gasteiger partial charge in [0.15, 0.2) is 11.9 Å². The maximum absolute atomic E-state index is 12.4. The predicted octanol–water partition coefficient (Wildman–Crippen LogP) is -0.166. The number of anilines is 1. The number of aromatic nitrogens is 3. The number of amides is 1. The van der Waals surface area contributed by atoms with E-state index in [1.165, 1.54) is 16.9 Å². The molecule has 0 aliphatic carbocycles. The van der Waals surface area contributed by atoms with Gasteiger partial charge in [0.25, 0.3) is 0 Å². The topological polar surface area (TPSA) is 185 Å². The zero-order valence-electron chi connectivity index (χ0n) is 18.6. The largest absolute Gasteiger partial charge is 0.455 e. The number of esters is 1. The second-order valence-electron chi connectivity index (χ2n) is 8.22. The van der Waals surface area contributed by atoms with E-state index in [0.717, 1.165) is 0 Å². The number of aliphatic hydroxyl groups excluding tert-OH is 2. The van der Waals surface area contributed by atoms with Crippen molar-refractivity contribution in [3.8, 4) is 6.07 Å². The summed E-state index contributed by atoms with van der Waals surface area (Å²) in [5, 5.41) is 37.8. The first-order chi connectivity index (χ1) is 15.7. The van der Waals surface area contributed by atoms with E-state index in [2.05, 4.69) is 15.4 Å². The molecule has 3 heterocycles. The molecule has 0 radical (unpaired) electrons. The number of fused-ring (bicyclic) bond motifs is 1. The zero-order valence-corrected chi connectivity index (χ0v) is 18.6. The number of aliphatic hydroxyl groups is 2. The van der Waals surface area contributed by atoms with E-state index in [1.807, 2.05) is 13.0 Å². The van der Waals surface area contributed by atoms with Gasteiger partial charge in [-0.15, -0.1) is 0 Å². The number of nitrogens with zero attached hydrogens (tertiary/aromatic N) is 4. The van der Waals surface area contributed by atoms with Gasteiger partial charge in [-0.2, -0.15) is 10.4 Å². The summed E-state index contributed by atoms with van der Waals surface area (Å²) >= 11 is 0. The Kier molecular flexibility index (Phi) is 7.28. The van der Waals surface area contributed by atoms with Crippen molar-refractivity contribution in [1.29, 1.82) is 5.26 Å². The lowest BCUT2D eigenvalue weighted by Gasteiger charge is -2.25. The predicted molar refractivity (Wildman–Crippen MR) is 114 cm³/mol. The van der Waals surface area contributed by atoms with E-state index in [9.17, 15) is 25.1 Å². The molecule has 0 aromatic carbocycles. The summed E-state index contributed by atoms with van der Waals surface area (Å²) in [4.78, 5) is 28.5. The van der Waals surface area contributed by atoms with Crippen LogP contribution in [0.5, 0.6) is 0 Å². The molecule has 2 aromatic heterocycles. The van der Waals surface area contributed by atoms with Crippen LogP contribution in [0.15, 0.2) is 18.5 Å². The average Bonchev–Trinajstić information content (AvgIpc) is 3.34. The molecule has 12 heteroatoms. The minimum atomic E-state index is -2.02. The third-order valence-corrected chi connectivity index (χ3v) is 5.59. The van der Waals surface area contributed by atoms with Crippen LogP contribution in [0.3, 0.4) is 0 Å². The molecule has 1 saturated heterocycles. The maximum Gasteiger partial charge on any atom is 0.323 e. The molecule has 2 aromatic rings. The molecule has 12 nitrogen and oxygen atoms in total. The summed E-state index contributed by atoms with van der Waals surface area (Å²) < 4.78 is 12.5. The Morgan fingerprint density at radius 2 is 2.18 bits per heavy atom. The van der Waals surface area contributed by atoms with E-state index in [1.54, 1.807) is 19.9 Å². The number of nitrogens with two attached hydrogens (primary N) is 1. The first kappa shape index (κ1) is 24.5. The monoisotopic (exact) mass is 460 g/mol. The Hall–Kier alpha value is -3.11. The molecule has 5 atom stereocenters. The van der Waals surface area contributed by atoms with Crippen LogP contribution >= 0.6 is 0 Å². The Bertz CT molecular complexity index is 1070. The summed E-state index contributed by atoms with van der Waals surface area (Å²) in [7, 11) is 0. The maximum atomic E-state index is 12.4. The SMILES string of the molecule is CCCC(=O)Nc1ncnn2c([C@]3(C#N)O[C@H](CO)[C@@H](OC(=O)[C@@H](N)C(C)C)[C@H]3O)ccc12. The highest BCUT2D eigenvalue weighted by Gasteiger charge is 2.59. The van der Waals surface area contributed by atoms with Crippen LogP contribution in [0, 0.1) is 17.2 Å². The first-order valence-electron chi connectivity index (χ1n) is 10.7. The van der Waals surface area contributed by atoms with Crippen LogP contribution in [0.2, 0.25) is 0 Å². The van der Waals surface area contributed by atoms with Gasteiger partial charge in [-0.1, -0.05) is 20.8 Å². The summed E-state index contributed by atoms with van der Waals surface area (Å²) in [5.41, 5.74) is 4.30. The first-order valence-corrected chi connectivity index (χ1v) is 10.7. The second-order valence-corrected chi connectivity index (χ2v) is 8.22. The summed E-state index contributed by atoms with van der Waals surface area (Å²) in [6.07, 6.45) is -2.04. The summed E-state index contributed by atoms with van der Waals surface area (Å²) in [5.74, 6) is -1.02. The molecule has 33 heavy (non-hydrogen) atoms. The van der Waals surface area contributed by atoms with Crippen molar-refractivity contribution in [2.45, 2.75) is 63.6 Å². The van der Waals surface area contributed by atoms with Gasteiger partial charge in [-0.3, -0.25) is 9.59 Å². The van der Waals surface area contributed by atoms with Gasteiger partial charge in [0.1, 0.15) is 36.2 Å². The van der Waals surface area contributed by atoms with E-state index in [4.69, 9.17) is 15.2 Å². The highest BCUT2D eigenvalue weighted by molar-refractivity contribution is 5.93. The Labute approximate surface area is 190 Å². The summed E-state index contributed by atoms with van der Waals surface area (Å²) in [6.45, 7) is 4.72. The van der Waals surface area contributed by atoms with Crippen molar-refractivity contribution in [1.82, 2.24) is 14.6 Å². The van der Waals surface area contributed by atoms with Gasteiger partial charge in [-0.05, 0) is 24.5 Å². The molecule has 1 fully saturated rings. The Morgan fingerprint density at radius 1 is 1.45 bits per heavy atom. The number of hydrogen-bond donors (Lipinski definition) is 4. The molecule has 0 unspecified atom stereocenters. The lowest BCUT2D eigenvalue weighted by Crippen LogP contribution is -2.46. The van der Waals surface area contributed by atoms with Crippen LogP contribution in [-0.4, -0.2) is 67.6 Å². The smallest absolute Gasteiger partial charge is 0.323 e. The molecule has 3 rings (SSSR count). The molecule has 1 aliphatic heterocycles. The van der Waals surface area contributed by atoms with Crippen LogP contribution < -0.4 is 11.1 Å². The average molecular weight is 460 g/mol. The second kappa shape index (κ2) is 9.80. The number of hydrogen-bond acceptors (Lipinski definition) is 10. The van der Waals surface area contributed by atoms with Gasteiger partial charge in [0.05, 0.1) is 12.3 Å². The molecule has 0 bridgehead atoms. The number of carbonyl (C=O) groups excluding carboxylic acids is 2. The van der Waals surface area contributed by atoms with Crippen molar-refractivity contribution >= 4 is 23.2 Å². The van der Waals surface area contributed by atoms with Crippen LogP contribution in [0.1, 0.15) is 39.3 Å². The van der Waals surface area contributed by atoms with Crippen molar-refractivity contribution in [3.05, 3.63) is 24.2 Å². The van der Waals surface area contributed by atoms with E-state index >= 15 is 0 Å². The fraction of sp³-hybridized carbons (Fsp3) is 0.571. The number of ether oxygens (including phenoxy) is 2. The third kappa shape index (κ3) is 4.40. The highest BCUT2D eigenvalue weighted by atomic mass is 16.6. The zero-order chi connectivity index (χ0) is 24.3. The molecule has 0 spiro atoms. The minimum absolute atomic E-state index is 0.117. The fourth-order valence-electron chi connectivity index (χ4n) is 3.67. The van der Waals surface area contributed by atoms with Crippen molar-refractivity contribution in [2.75, 3.05) is 11.9 Å². The molecule has 1 aliphatic rings. The lowest BCUT2D eigenvalue weighted by atomic mass is 9.92. The normalized spacial score (nSPS) is 25.7. The molecule has 5 N–H and O–H groups in total. The standard InChI is InChI=1S/C21H28N6O6/c1-4-5-15(29)26-19-12-6-7-14(27(12)25-10-24-19)21(9-22)18(30)17(13(8-28)33-21)32-20(31)16(23)11(2)3/h6-7,10-11,13,16-18,28,30H,4-5,8,23H2,1-3H3,(H,24,25,26,29)/t13-,16+,17-,18-,21+/m1/s1. The molecule has 178 valence electrons. The molecular weight excluding hydrogens is 432 g/mol. The van der Waals surface area contributed by atoms with E-state index in [-0.39, 0.29) is 23.3 Å². The van der Waals surface area contributed by atoms with Gasteiger partial charge >= 0.3 is 5.97 Å². The van der Waals surface area contributed by atoms with E-state index in [0.29, 0.717) is 18.4 Å². The quantitative estimate of drug-likeness (QED) is 0.386. The van der Waals surface area contributed by atoms with Crippen molar-refractivity contribution in [2.24, 2.45) is 11.7 Å². The molecule has 0 saturated carbocycles. The number of nitrogens with one attached hydrogen (secondary N) is 1. The van der Waals surface area contributed by atoms with Crippen LogP contribution in [0.4, 0.5) is 5.82 Å². The number of nitriles is 1.